The molecular formula is C18H23N3O2S. The lowest BCUT2D eigenvalue weighted by Crippen LogP contribution is -2.52. The molecule has 6 heteroatoms. The van der Waals surface area contributed by atoms with Gasteiger partial charge in [-0.25, -0.2) is 0 Å². The molecule has 0 radical (unpaired) electrons. The molecule has 1 aromatic rings. The molecule has 1 aliphatic heterocycles. The summed E-state index contributed by atoms with van der Waals surface area (Å²) < 4.78 is 29.9. The highest BCUT2D eigenvalue weighted by Crippen LogP contribution is 2.50. The number of nitriles is 1. The molecule has 128 valence electrons. The lowest BCUT2D eigenvalue weighted by Gasteiger charge is -2.33. The van der Waals surface area contributed by atoms with Crippen molar-refractivity contribution in [3.8, 4) is 6.07 Å². The number of hydrogen-bond acceptors (Lipinski definition) is 3. The van der Waals surface area contributed by atoms with Gasteiger partial charge in [0, 0.05) is 13.1 Å². The number of nitrogens with one attached hydrogen (secondary N) is 1. The van der Waals surface area contributed by atoms with Crippen LogP contribution in [-0.2, 0) is 23.1 Å². The summed E-state index contributed by atoms with van der Waals surface area (Å²) in [6.45, 7) is 3.20. The van der Waals surface area contributed by atoms with Gasteiger partial charge in [0.25, 0.3) is 10.2 Å². The van der Waals surface area contributed by atoms with Crippen LogP contribution >= 0.6 is 0 Å². The van der Waals surface area contributed by atoms with Crippen LogP contribution in [0.25, 0.3) is 0 Å². The summed E-state index contributed by atoms with van der Waals surface area (Å²) in [7, 11) is -3.37. The molecule has 4 rings (SSSR count). The molecule has 2 fully saturated rings. The summed E-state index contributed by atoms with van der Waals surface area (Å²) >= 11 is 0. The Bertz CT molecular complexity index is 814. The van der Waals surface area contributed by atoms with Crippen molar-refractivity contribution in [2.24, 2.45) is 11.8 Å². The van der Waals surface area contributed by atoms with E-state index in [4.69, 9.17) is 5.26 Å². The van der Waals surface area contributed by atoms with Crippen molar-refractivity contribution in [3.63, 3.8) is 0 Å². The Labute approximate surface area is 143 Å². The van der Waals surface area contributed by atoms with E-state index in [1.54, 1.807) is 4.31 Å². The van der Waals surface area contributed by atoms with E-state index < -0.39 is 10.2 Å². The SMILES string of the molecule is CCCN1C[C@]2(NS1(=O)=O)[C@@H]1CC[C@H]2Cc2ccc(C#N)cc2C1. The third-order valence-electron chi connectivity index (χ3n) is 6.16. The molecule has 0 amide bonds. The van der Waals surface area contributed by atoms with Gasteiger partial charge in [-0.15, -0.1) is 0 Å². The molecule has 1 saturated heterocycles. The third kappa shape index (κ3) is 2.30. The second-order valence-electron chi connectivity index (χ2n) is 7.46. The van der Waals surface area contributed by atoms with Crippen LogP contribution in [0.2, 0.25) is 0 Å². The monoisotopic (exact) mass is 345 g/mol. The molecule has 1 N–H and O–H groups in total. The zero-order valence-corrected chi connectivity index (χ0v) is 14.8. The Morgan fingerprint density at radius 3 is 2.67 bits per heavy atom. The maximum absolute atomic E-state index is 12.6. The lowest BCUT2D eigenvalue weighted by molar-refractivity contribution is 0.213. The fourth-order valence-electron chi connectivity index (χ4n) is 5.02. The quantitative estimate of drug-likeness (QED) is 0.891. The highest BCUT2D eigenvalue weighted by atomic mass is 32.2. The van der Waals surface area contributed by atoms with Crippen molar-refractivity contribution in [2.75, 3.05) is 13.1 Å². The average molecular weight is 345 g/mol. The van der Waals surface area contributed by atoms with Gasteiger partial charge in [-0.05, 0) is 67.2 Å². The van der Waals surface area contributed by atoms with Crippen LogP contribution in [0.1, 0.15) is 42.9 Å². The molecule has 2 aliphatic carbocycles. The molecule has 2 bridgehead atoms. The summed E-state index contributed by atoms with van der Waals surface area (Å²) in [5.41, 5.74) is 2.88. The minimum atomic E-state index is -3.37. The molecule has 0 aromatic heterocycles. The van der Waals surface area contributed by atoms with Crippen LogP contribution in [0, 0.1) is 23.2 Å². The molecule has 5 nitrogen and oxygen atoms in total. The van der Waals surface area contributed by atoms with Gasteiger partial charge >= 0.3 is 0 Å². The zero-order valence-electron chi connectivity index (χ0n) is 14.0. The Hall–Kier alpha value is -1.42. The molecule has 1 saturated carbocycles. The first-order chi connectivity index (χ1) is 11.5. The van der Waals surface area contributed by atoms with E-state index >= 15 is 0 Å². The van der Waals surface area contributed by atoms with Gasteiger partial charge in [0.05, 0.1) is 17.2 Å². The van der Waals surface area contributed by atoms with Crippen molar-refractivity contribution >= 4 is 10.2 Å². The van der Waals surface area contributed by atoms with Gasteiger partial charge in [-0.2, -0.15) is 22.7 Å². The van der Waals surface area contributed by atoms with Gasteiger partial charge < -0.3 is 0 Å². The van der Waals surface area contributed by atoms with Crippen molar-refractivity contribution in [1.82, 2.24) is 9.03 Å². The van der Waals surface area contributed by atoms with E-state index in [-0.39, 0.29) is 5.54 Å². The molecule has 1 aromatic carbocycles. The van der Waals surface area contributed by atoms with Crippen molar-refractivity contribution in [1.29, 1.82) is 5.26 Å². The van der Waals surface area contributed by atoms with E-state index in [0.29, 0.717) is 30.5 Å². The van der Waals surface area contributed by atoms with Gasteiger partial charge in [0.2, 0.25) is 0 Å². The Morgan fingerprint density at radius 1 is 1.29 bits per heavy atom. The van der Waals surface area contributed by atoms with E-state index in [1.165, 1.54) is 11.1 Å². The van der Waals surface area contributed by atoms with Crippen LogP contribution < -0.4 is 4.72 Å². The minimum absolute atomic E-state index is 0.314. The number of rotatable bonds is 2. The molecular weight excluding hydrogens is 322 g/mol. The van der Waals surface area contributed by atoms with Gasteiger partial charge in [0.15, 0.2) is 0 Å². The second-order valence-corrected chi connectivity index (χ2v) is 9.13. The molecule has 3 aliphatic rings. The molecule has 1 spiro atoms. The van der Waals surface area contributed by atoms with Crippen LogP contribution in [0.4, 0.5) is 0 Å². The molecule has 1 heterocycles. The summed E-state index contributed by atoms with van der Waals surface area (Å²) in [5.74, 6) is 0.655. The third-order valence-corrected chi connectivity index (χ3v) is 7.79. The predicted molar refractivity (Wildman–Crippen MR) is 91.4 cm³/mol. The van der Waals surface area contributed by atoms with Crippen LogP contribution in [-0.4, -0.2) is 31.4 Å². The molecule has 24 heavy (non-hydrogen) atoms. The molecule has 3 atom stereocenters. The standard InChI is InChI=1S/C18H23N3O2S/c1-2-7-21-12-18(20-24(21,22)23)16-5-6-17(18)10-15-8-13(11-19)3-4-14(15)9-16/h3-4,8,16-17,20H,2,5-7,9-10,12H2,1H3/t16-,17+,18+/m0/s1. The average Bonchev–Trinajstić information content (AvgIpc) is 2.93. The first kappa shape index (κ1) is 16.1. The van der Waals surface area contributed by atoms with Crippen LogP contribution in [0.3, 0.4) is 0 Å². The summed E-state index contributed by atoms with van der Waals surface area (Å²) in [6.07, 6.45) is 4.73. The van der Waals surface area contributed by atoms with E-state index in [9.17, 15) is 8.42 Å². The van der Waals surface area contributed by atoms with Crippen LogP contribution in [0.5, 0.6) is 0 Å². The summed E-state index contributed by atoms with van der Waals surface area (Å²) in [6, 6.07) is 8.16. The Morgan fingerprint density at radius 2 is 2.00 bits per heavy atom. The number of hydrogen-bond donors (Lipinski definition) is 1. The summed E-state index contributed by atoms with van der Waals surface area (Å²) in [5, 5.41) is 9.16. The fourth-order valence-corrected chi connectivity index (χ4v) is 6.84. The highest BCUT2D eigenvalue weighted by molar-refractivity contribution is 7.87. The number of nitrogens with zero attached hydrogens (tertiary/aromatic N) is 2. The Kier molecular flexibility index (Phi) is 3.72. The topological polar surface area (TPSA) is 73.2 Å². The van der Waals surface area contributed by atoms with Gasteiger partial charge in [-0.3, -0.25) is 0 Å². The number of benzene rings is 1. The zero-order chi connectivity index (χ0) is 16.9. The largest absolute Gasteiger partial charge is 0.280 e. The fraction of sp³-hybridized carbons (Fsp3) is 0.611. The minimum Gasteiger partial charge on any atom is -0.195 e. The highest BCUT2D eigenvalue weighted by Gasteiger charge is 2.59. The number of fused-ring (bicyclic) bond motifs is 1. The van der Waals surface area contributed by atoms with E-state index in [0.717, 1.165) is 32.1 Å². The predicted octanol–water partition coefficient (Wildman–Crippen LogP) is 1.98. The van der Waals surface area contributed by atoms with Crippen molar-refractivity contribution < 1.29 is 8.42 Å². The maximum atomic E-state index is 12.6. The van der Waals surface area contributed by atoms with Crippen molar-refractivity contribution in [2.45, 2.75) is 44.6 Å². The molecule has 0 unspecified atom stereocenters. The maximum Gasteiger partial charge on any atom is 0.280 e. The lowest BCUT2D eigenvalue weighted by atomic mass is 9.79. The van der Waals surface area contributed by atoms with Crippen molar-refractivity contribution in [3.05, 3.63) is 34.9 Å². The normalized spacial score (nSPS) is 34.0. The second kappa shape index (κ2) is 5.55. The van der Waals surface area contributed by atoms with E-state index in [1.807, 2.05) is 19.1 Å². The van der Waals surface area contributed by atoms with Gasteiger partial charge in [0.1, 0.15) is 0 Å². The summed E-state index contributed by atoms with van der Waals surface area (Å²) in [4.78, 5) is 0. The van der Waals surface area contributed by atoms with Gasteiger partial charge in [-0.1, -0.05) is 13.0 Å². The van der Waals surface area contributed by atoms with Crippen LogP contribution in [0.15, 0.2) is 18.2 Å². The smallest absolute Gasteiger partial charge is 0.195 e. The first-order valence-corrected chi connectivity index (χ1v) is 10.2. The van der Waals surface area contributed by atoms with E-state index in [2.05, 4.69) is 16.9 Å². The Balaban J connectivity index is 1.72. The first-order valence-electron chi connectivity index (χ1n) is 8.79.